The molecular weight excluding hydrogens is 340 g/mol. The Labute approximate surface area is 150 Å². The van der Waals surface area contributed by atoms with Crippen LogP contribution in [0.5, 0.6) is 0 Å². The molecule has 0 saturated carbocycles. The van der Waals surface area contributed by atoms with Gasteiger partial charge >= 0.3 is 6.03 Å². The molecule has 7 heteroatoms. The van der Waals surface area contributed by atoms with Gasteiger partial charge in [0, 0.05) is 7.05 Å². The molecule has 0 spiro atoms. The summed E-state index contributed by atoms with van der Waals surface area (Å²) in [5, 5.41) is 2.56. The van der Waals surface area contributed by atoms with E-state index in [9.17, 15) is 18.4 Å². The summed E-state index contributed by atoms with van der Waals surface area (Å²) in [6, 6.07) is 10.7. The number of halogens is 2. The maximum Gasteiger partial charge on any atom is 0.312 e. The SMILES string of the molecule is C[C@@H](c1ccc(F)c(F)c1)N(C)C(=O)C[C@@H](NC(N)=O)c1ccccc1. The van der Waals surface area contributed by atoms with Crippen LogP contribution in [0.4, 0.5) is 13.6 Å². The number of rotatable bonds is 6. The molecule has 2 rings (SSSR count). The van der Waals surface area contributed by atoms with Gasteiger partial charge in [-0.2, -0.15) is 0 Å². The van der Waals surface area contributed by atoms with Gasteiger partial charge in [0.1, 0.15) is 0 Å². The molecule has 0 saturated heterocycles. The number of nitrogens with two attached hydrogens (primary N) is 1. The molecule has 138 valence electrons. The van der Waals surface area contributed by atoms with Crippen molar-refractivity contribution in [2.75, 3.05) is 7.05 Å². The van der Waals surface area contributed by atoms with Crippen LogP contribution in [0.15, 0.2) is 48.5 Å². The fourth-order valence-corrected chi connectivity index (χ4v) is 2.64. The Morgan fingerprint density at radius 3 is 2.31 bits per heavy atom. The molecule has 0 radical (unpaired) electrons. The lowest BCUT2D eigenvalue weighted by atomic mass is 10.0. The average molecular weight is 361 g/mol. The zero-order chi connectivity index (χ0) is 19.3. The van der Waals surface area contributed by atoms with Crippen molar-refractivity contribution < 1.29 is 18.4 Å². The summed E-state index contributed by atoms with van der Waals surface area (Å²) in [5.74, 6) is -2.18. The highest BCUT2D eigenvalue weighted by Crippen LogP contribution is 2.24. The van der Waals surface area contributed by atoms with E-state index in [1.54, 1.807) is 38.2 Å². The Morgan fingerprint density at radius 2 is 1.73 bits per heavy atom. The van der Waals surface area contributed by atoms with Gasteiger partial charge in [0.2, 0.25) is 5.91 Å². The van der Waals surface area contributed by atoms with Gasteiger partial charge < -0.3 is 16.0 Å². The van der Waals surface area contributed by atoms with E-state index in [1.165, 1.54) is 11.0 Å². The van der Waals surface area contributed by atoms with Gasteiger partial charge in [-0.15, -0.1) is 0 Å². The Hall–Kier alpha value is -2.96. The van der Waals surface area contributed by atoms with Crippen molar-refractivity contribution in [2.45, 2.75) is 25.4 Å². The molecule has 0 unspecified atom stereocenters. The molecule has 0 aromatic heterocycles. The Balaban J connectivity index is 2.14. The van der Waals surface area contributed by atoms with Gasteiger partial charge in [-0.25, -0.2) is 13.6 Å². The highest BCUT2D eigenvalue weighted by Gasteiger charge is 2.23. The molecule has 2 aromatic carbocycles. The minimum Gasteiger partial charge on any atom is -0.352 e. The van der Waals surface area contributed by atoms with Crippen LogP contribution in [-0.4, -0.2) is 23.9 Å². The normalized spacial score (nSPS) is 12.9. The van der Waals surface area contributed by atoms with Crippen molar-refractivity contribution in [3.05, 3.63) is 71.3 Å². The highest BCUT2D eigenvalue weighted by atomic mass is 19.2. The first-order valence-electron chi connectivity index (χ1n) is 8.11. The van der Waals surface area contributed by atoms with E-state index in [4.69, 9.17) is 5.73 Å². The fourth-order valence-electron chi connectivity index (χ4n) is 2.64. The van der Waals surface area contributed by atoms with Gasteiger partial charge in [0.05, 0.1) is 18.5 Å². The third kappa shape index (κ3) is 4.78. The van der Waals surface area contributed by atoms with Gasteiger partial charge in [0.15, 0.2) is 11.6 Å². The van der Waals surface area contributed by atoms with Crippen molar-refractivity contribution in [2.24, 2.45) is 5.73 Å². The van der Waals surface area contributed by atoms with Crippen LogP contribution in [0.2, 0.25) is 0 Å². The molecule has 3 amide bonds. The second kappa shape index (κ2) is 8.42. The Morgan fingerprint density at radius 1 is 1.08 bits per heavy atom. The molecule has 5 nitrogen and oxygen atoms in total. The second-order valence-corrected chi connectivity index (χ2v) is 6.03. The topological polar surface area (TPSA) is 75.4 Å². The number of hydrogen-bond acceptors (Lipinski definition) is 2. The average Bonchev–Trinajstić information content (AvgIpc) is 2.62. The Bertz CT molecular complexity index is 784. The number of amides is 3. The monoisotopic (exact) mass is 361 g/mol. The number of urea groups is 1. The number of carbonyl (C=O) groups is 2. The Kier molecular flexibility index (Phi) is 6.27. The molecule has 0 heterocycles. The fraction of sp³-hybridized carbons (Fsp3) is 0.263. The maximum absolute atomic E-state index is 13.4. The second-order valence-electron chi connectivity index (χ2n) is 6.03. The quantitative estimate of drug-likeness (QED) is 0.828. The number of hydrogen-bond donors (Lipinski definition) is 2. The highest BCUT2D eigenvalue weighted by molar-refractivity contribution is 5.79. The van der Waals surface area contributed by atoms with Gasteiger partial charge in [-0.3, -0.25) is 4.79 Å². The molecule has 0 aliphatic heterocycles. The standard InChI is InChI=1S/C19H21F2N3O2/c1-12(14-8-9-15(20)16(21)10-14)24(2)18(25)11-17(23-19(22)26)13-6-4-3-5-7-13/h3-10,12,17H,11H2,1-2H3,(H3,22,23,26)/t12-,17+/m0/s1. The summed E-state index contributed by atoms with van der Waals surface area (Å²) < 4.78 is 26.5. The summed E-state index contributed by atoms with van der Waals surface area (Å²) in [4.78, 5) is 25.3. The van der Waals surface area contributed by atoms with E-state index < -0.39 is 29.7 Å². The zero-order valence-electron chi connectivity index (χ0n) is 14.6. The molecule has 2 aromatic rings. The third-order valence-electron chi connectivity index (χ3n) is 4.30. The van der Waals surface area contributed by atoms with Crippen LogP contribution in [0.1, 0.15) is 36.6 Å². The molecule has 0 aliphatic carbocycles. The van der Waals surface area contributed by atoms with E-state index in [2.05, 4.69) is 5.32 Å². The van der Waals surface area contributed by atoms with Crippen molar-refractivity contribution in [3.8, 4) is 0 Å². The predicted molar refractivity (Wildman–Crippen MR) is 94.1 cm³/mol. The minimum absolute atomic E-state index is 0.0164. The van der Waals surface area contributed by atoms with Crippen LogP contribution >= 0.6 is 0 Å². The van der Waals surface area contributed by atoms with Crippen molar-refractivity contribution in [1.29, 1.82) is 0 Å². The van der Waals surface area contributed by atoms with E-state index >= 15 is 0 Å². The number of nitrogens with zero attached hydrogens (tertiary/aromatic N) is 1. The molecule has 26 heavy (non-hydrogen) atoms. The first-order chi connectivity index (χ1) is 12.3. The van der Waals surface area contributed by atoms with Crippen LogP contribution < -0.4 is 11.1 Å². The summed E-state index contributed by atoms with van der Waals surface area (Å²) in [5.41, 5.74) is 6.43. The smallest absolute Gasteiger partial charge is 0.312 e. The van der Waals surface area contributed by atoms with Crippen molar-refractivity contribution in [3.63, 3.8) is 0 Å². The summed E-state index contributed by atoms with van der Waals surface area (Å²) in [6.07, 6.45) is -0.0164. The van der Waals surface area contributed by atoms with E-state index in [0.29, 0.717) is 5.56 Å². The lowest BCUT2D eigenvalue weighted by Gasteiger charge is -2.27. The molecule has 2 atom stereocenters. The minimum atomic E-state index is -0.965. The summed E-state index contributed by atoms with van der Waals surface area (Å²) in [6.45, 7) is 1.71. The molecular formula is C19H21F2N3O2. The largest absolute Gasteiger partial charge is 0.352 e. The number of carbonyl (C=O) groups excluding carboxylic acids is 2. The number of nitrogens with one attached hydrogen (secondary N) is 1. The van der Waals surface area contributed by atoms with Crippen LogP contribution in [0.25, 0.3) is 0 Å². The first kappa shape index (κ1) is 19.4. The summed E-state index contributed by atoms with van der Waals surface area (Å²) >= 11 is 0. The van der Waals surface area contributed by atoms with E-state index in [1.807, 2.05) is 6.07 Å². The number of primary amides is 1. The predicted octanol–water partition coefficient (Wildman–Crippen LogP) is 3.28. The lowest BCUT2D eigenvalue weighted by molar-refractivity contribution is -0.132. The van der Waals surface area contributed by atoms with E-state index in [-0.39, 0.29) is 12.3 Å². The molecule has 3 N–H and O–H groups in total. The molecule has 0 fully saturated rings. The van der Waals surface area contributed by atoms with Crippen LogP contribution in [-0.2, 0) is 4.79 Å². The summed E-state index contributed by atoms with van der Waals surface area (Å²) in [7, 11) is 1.57. The maximum atomic E-state index is 13.4. The van der Waals surface area contributed by atoms with Gasteiger partial charge in [0.25, 0.3) is 0 Å². The molecule has 0 aliphatic rings. The van der Waals surface area contributed by atoms with Gasteiger partial charge in [-0.1, -0.05) is 36.4 Å². The lowest BCUT2D eigenvalue weighted by Crippen LogP contribution is -2.38. The zero-order valence-corrected chi connectivity index (χ0v) is 14.6. The third-order valence-corrected chi connectivity index (χ3v) is 4.30. The van der Waals surface area contributed by atoms with Crippen molar-refractivity contribution in [1.82, 2.24) is 10.2 Å². The molecule has 0 bridgehead atoms. The van der Waals surface area contributed by atoms with Crippen molar-refractivity contribution >= 4 is 11.9 Å². The van der Waals surface area contributed by atoms with Gasteiger partial charge in [-0.05, 0) is 30.2 Å². The van der Waals surface area contributed by atoms with E-state index in [0.717, 1.165) is 17.7 Å². The first-order valence-corrected chi connectivity index (χ1v) is 8.11. The number of benzene rings is 2. The van der Waals surface area contributed by atoms with Crippen LogP contribution in [0.3, 0.4) is 0 Å². The van der Waals surface area contributed by atoms with Crippen LogP contribution in [0, 0.1) is 11.6 Å².